The first-order chi connectivity index (χ1) is 12.1. The van der Waals surface area contributed by atoms with Crippen molar-refractivity contribution >= 4 is 18.3 Å². The molecule has 26 heavy (non-hydrogen) atoms. The number of ether oxygens (including phenoxy) is 1. The van der Waals surface area contributed by atoms with Crippen LogP contribution in [0.3, 0.4) is 0 Å². The number of carbonyl (C=O) groups is 1. The predicted octanol–water partition coefficient (Wildman–Crippen LogP) is 3.42. The van der Waals surface area contributed by atoms with Crippen molar-refractivity contribution in [2.45, 2.75) is 51.0 Å². The lowest BCUT2D eigenvalue weighted by Crippen LogP contribution is -2.52. The van der Waals surface area contributed by atoms with Crippen LogP contribution in [-0.2, 0) is 11.2 Å². The van der Waals surface area contributed by atoms with Crippen molar-refractivity contribution in [1.29, 1.82) is 0 Å². The van der Waals surface area contributed by atoms with Crippen molar-refractivity contribution in [2.75, 3.05) is 20.2 Å². The Morgan fingerprint density at radius 2 is 2.04 bits per heavy atom. The molecule has 0 radical (unpaired) electrons. The van der Waals surface area contributed by atoms with Gasteiger partial charge in [-0.05, 0) is 68.1 Å². The van der Waals surface area contributed by atoms with Gasteiger partial charge in [-0.2, -0.15) is 0 Å². The van der Waals surface area contributed by atoms with E-state index >= 15 is 0 Å². The molecule has 1 amide bonds. The Morgan fingerprint density at radius 1 is 1.27 bits per heavy atom. The van der Waals surface area contributed by atoms with Crippen LogP contribution in [0.5, 0.6) is 5.75 Å². The largest absolute Gasteiger partial charge is 0.497 e. The van der Waals surface area contributed by atoms with Gasteiger partial charge in [0.2, 0.25) is 5.91 Å². The first kappa shape index (κ1) is 19.5. The van der Waals surface area contributed by atoms with E-state index in [0.717, 1.165) is 50.4 Å². The van der Waals surface area contributed by atoms with Gasteiger partial charge in [0, 0.05) is 19.1 Å². The summed E-state index contributed by atoms with van der Waals surface area (Å²) in [5.74, 6) is 2.57. The van der Waals surface area contributed by atoms with E-state index in [4.69, 9.17) is 10.5 Å². The van der Waals surface area contributed by atoms with Crippen LogP contribution in [0.1, 0.15) is 44.1 Å². The molecule has 1 heterocycles. The van der Waals surface area contributed by atoms with Crippen molar-refractivity contribution in [3.05, 3.63) is 29.8 Å². The number of halogens is 1. The Kier molecular flexibility index (Phi) is 5.83. The molecule has 144 valence electrons. The molecule has 3 fully saturated rings. The van der Waals surface area contributed by atoms with Gasteiger partial charge in [-0.15, -0.1) is 12.4 Å². The Morgan fingerprint density at radius 3 is 2.65 bits per heavy atom. The molecule has 3 atom stereocenters. The van der Waals surface area contributed by atoms with Crippen LogP contribution in [0, 0.1) is 17.3 Å². The monoisotopic (exact) mass is 378 g/mol. The van der Waals surface area contributed by atoms with Crippen LogP contribution in [0.2, 0.25) is 0 Å². The number of fused-ring (bicyclic) bond motifs is 2. The fraction of sp³-hybridized carbons (Fsp3) is 0.667. The fourth-order valence-electron chi connectivity index (χ4n) is 5.56. The second-order valence-corrected chi connectivity index (χ2v) is 8.39. The van der Waals surface area contributed by atoms with Crippen LogP contribution in [-0.4, -0.2) is 37.0 Å². The lowest BCUT2D eigenvalue weighted by Gasteiger charge is -2.42. The molecule has 1 aromatic rings. The number of hydrogen-bond acceptors (Lipinski definition) is 3. The number of likely N-dealkylation sites (tertiary alicyclic amines) is 1. The van der Waals surface area contributed by atoms with Gasteiger partial charge in [-0.1, -0.05) is 18.6 Å². The summed E-state index contributed by atoms with van der Waals surface area (Å²) >= 11 is 0. The van der Waals surface area contributed by atoms with Crippen LogP contribution in [0.15, 0.2) is 24.3 Å². The molecule has 1 aliphatic heterocycles. The molecule has 2 bridgehead atoms. The molecule has 5 heteroatoms. The number of nitrogens with zero attached hydrogens (tertiary/aromatic N) is 1. The van der Waals surface area contributed by atoms with Crippen LogP contribution >= 0.6 is 12.4 Å². The lowest BCUT2D eigenvalue weighted by molar-refractivity contribution is -0.146. The maximum Gasteiger partial charge on any atom is 0.229 e. The Hall–Kier alpha value is -1.26. The summed E-state index contributed by atoms with van der Waals surface area (Å²) in [5.41, 5.74) is 7.08. The highest BCUT2D eigenvalue weighted by atomic mass is 35.5. The molecular weight excluding hydrogens is 348 g/mol. The molecule has 4 rings (SSSR count). The second-order valence-electron chi connectivity index (χ2n) is 8.39. The van der Waals surface area contributed by atoms with E-state index in [0.29, 0.717) is 11.8 Å². The van der Waals surface area contributed by atoms with Crippen LogP contribution < -0.4 is 10.5 Å². The zero-order chi connectivity index (χ0) is 17.4. The van der Waals surface area contributed by atoms with Crippen molar-refractivity contribution < 1.29 is 9.53 Å². The minimum absolute atomic E-state index is 0. The number of benzene rings is 1. The summed E-state index contributed by atoms with van der Waals surface area (Å²) in [6.45, 7) is 1.66. The highest BCUT2D eigenvalue weighted by molar-refractivity contribution is 5.85. The van der Waals surface area contributed by atoms with Crippen molar-refractivity contribution in [1.82, 2.24) is 4.90 Å². The zero-order valence-corrected chi connectivity index (χ0v) is 16.5. The molecule has 3 unspecified atom stereocenters. The van der Waals surface area contributed by atoms with E-state index in [9.17, 15) is 4.79 Å². The molecule has 2 saturated carbocycles. The minimum Gasteiger partial charge on any atom is -0.497 e. The predicted molar refractivity (Wildman–Crippen MR) is 106 cm³/mol. The van der Waals surface area contributed by atoms with Gasteiger partial charge in [-0.25, -0.2) is 0 Å². The van der Waals surface area contributed by atoms with E-state index < -0.39 is 0 Å². The minimum atomic E-state index is -0.198. The third kappa shape index (κ3) is 3.46. The fourth-order valence-corrected chi connectivity index (χ4v) is 5.56. The second kappa shape index (κ2) is 7.77. The number of amides is 1. The summed E-state index contributed by atoms with van der Waals surface area (Å²) in [4.78, 5) is 15.7. The van der Waals surface area contributed by atoms with Gasteiger partial charge in [-0.3, -0.25) is 4.79 Å². The number of hydrogen-bond donors (Lipinski definition) is 1. The third-order valence-electron chi connectivity index (χ3n) is 6.88. The zero-order valence-electron chi connectivity index (χ0n) is 15.7. The van der Waals surface area contributed by atoms with Crippen molar-refractivity contribution in [3.8, 4) is 5.75 Å². The van der Waals surface area contributed by atoms with E-state index in [-0.39, 0.29) is 23.9 Å². The summed E-state index contributed by atoms with van der Waals surface area (Å²) in [5, 5.41) is 0. The molecule has 4 nitrogen and oxygen atoms in total. The third-order valence-corrected chi connectivity index (χ3v) is 6.88. The average Bonchev–Trinajstić information content (AvgIpc) is 3.23. The Balaban J connectivity index is 0.00000196. The summed E-state index contributed by atoms with van der Waals surface area (Å²) in [7, 11) is 1.70. The Labute approximate surface area is 162 Å². The average molecular weight is 379 g/mol. The standard InChI is InChI=1S/C21H30N2O2.ClH/c1-25-19-4-2-3-15(12-19)13-21(14-16-5-6-17(21)11-16)20(24)23-9-7-18(22)8-10-23;/h2-4,12,16-18H,5-11,13-14,22H2,1H3;1H. The quantitative estimate of drug-likeness (QED) is 0.873. The summed E-state index contributed by atoms with van der Waals surface area (Å²) in [6.07, 6.45) is 7.56. The number of rotatable bonds is 4. The first-order valence-corrected chi connectivity index (χ1v) is 9.78. The summed E-state index contributed by atoms with van der Waals surface area (Å²) in [6, 6.07) is 8.53. The number of carbonyl (C=O) groups excluding carboxylic acids is 1. The van der Waals surface area contributed by atoms with Crippen LogP contribution in [0.25, 0.3) is 0 Å². The highest BCUT2D eigenvalue weighted by Crippen LogP contribution is 2.58. The van der Waals surface area contributed by atoms with Gasteiger partial charge in [0.05, 0.1) is 12.5 Å². The smallest absolute Gasteiger partial charge is 0.229 e. The molecule has 0 aromatic heterocycles. The SMILES string of the molecule is COc1cccc(CC2(C(=O)N3CCC(N)CC3)CC3CCC2C3)c1.Cl. The normalized spacial score (nSPS) is 30.9. The van der Waals surface area contributed by atoms with Gasteiger partial charge < -0.3 is 15.4 Å². The van der Waals surface area contributed by atoms with E-state index in [1.807, 2.05) is 12.1 Å². The van der Waals surface area contributed by atoms with E-state index in [2.05, 4.69) is 17.0 Å². The molecule has 3 aliphatic rings. The maximum absolute atomic E-state index is 13.6. The molecule has 1 saturated heterocycles. The van der Waals surface area contributed by atoms with Crippen LogP contribution in [0.4, 0.5) is 0 Å². The van der Waals surface area contributed by atoms with Gasteiger partial charge in [0.1, 0.15) is 5.75 Å². The topological polar surface area (TPSA) is 55.6 Å². The molecule has 0 spiro atoms. The number of piperidine rings is 1. The van der Waals surface area contributed by atoms with E-state index in [1.54, 1.807) is 7.11 Å². The van der Waals surface area contributed by atoms with E-state index in [1.165, 1.54) is 24.8 Å². The molecule has 1 aromatic carbocycles. The first-order valence-electron chi connectivity index (χ1n) is 9.78. The summed E-state index contributed by atoms with van der Waals surface area (Å²) < 4.78 is 5.39. The van der Waals surface area contributed by atoms with Gasteiger partial charge >= 0.3 is 0 Å². The molecule has 2 aliphatic carbocycles. The highest BCUT2D eigenvalue weighted by Gasteiger charge is 2.56. The van der Waals surface area contributed by atoms with Crippen molar-refractivity contribution in [2.24, 2.45) is 23.0 Å². The molecule has 2 N–H and O–H groups in total. The molecular formula is C21H31ClN2O2. The van der Waals surface area contributed by atoms with Gasteiger partial charge in [0.25, 0.3) is 0 Å². The number of nitrogens with two attached hydrogens (primary N) is 1. The number of methoxy groups -OCH3 is 1. The maximum atomic E-state index is 13.6. The lowest BCUT2D eigenvalue weighted by atomic mass is 9.68. The Bertz CT molecular complexity index is 645. The van der Waals surface area contributed by atoms with Crippen molar-refractivity contribution in [3.63, 3.8) is 0 Å². The van der Waals surface area contributed by atoms with Gasteiger partial charge in [0.15, 0.2) is 0 Å².